The summed E-state index contributed by atoms with van der Waals surface area (Å²) in [6.45, 7) is 12.8. The van der Waals surface area contributed by atoms with E-state index >= 15 is 0 Å². The molecule has 0 amide bonds. The number of ether oxygens (including phenoxy) is 3. The molecule has 1 fully saturated rings. The molecule has 1 saturated heterocycles. The van der Waals surface area contributed by atoms with E-state index in [4.69, 9.17) is 14.2 Å². The van der Waals surface area contributed by atoms with Crippen LogP contribution < -0.4 is 0 Å². The zero-order valence-corrected chi connectivity index (χ0v) is 19.0. The average molecular weight is 429 g/mol. The highest BCUT2D eigenvalue weighted by molar-refractivity contribution is 5.92. The van der Waals surface area contributed by atoms with Crippen LogP contribution in [0.3, 0.4) is 0 Å². The predicted molar refractivity (Wildman–Crippen MR) is 118 cm³/mol. The first-order valence-corrected chi connectivity index (χ1v) is 10.6. The van der Waals surface area contributed by atoms with E-state index in [0.717, 1.165) is 24.0 Å². The lowest BCUT2D eigenvalue weighted by Gasteiger charge is -2.27. The Kier molecular flexibility index (Phi) is 8.60. The van der Waals surface area contributed by atoms with Gasteiger partial charge in [-0.15, -0.1) is 0 Å². The first-order valence-electron chi connectivity index (χ1n) is 10.6. The standard InChI is InChI=1S/C25H32O6/c1-7-17(5)23(26)29-14-19(8-2)25(28)31-21-13-16(4)11-9-10-15(3)12-20-22(21)18(6)24(27)30-20/h7-8,11-12,20-22H,6,9-10,13-14H2,1-5H3. The smallest absolute Gasteiger partial charge is 0.337 e. The van der Waals surface area contributed by atoms with Crippen molar-refractivity contribution in [2.24, 2.45) is 5.92 Å². The Morgan fingerprint density at radius 3 is 2.55 bits per heavy atom. The van der Waals surface area contributed by atoms with Crippen molar-refractivity contribution in [1.29, 1.82) is 0 Å². The Balaban J connectivity index is 2.24. The minimum atomic E-state index is -0.627. The molecule has 1 aliphatic heterocycles. The van der Waals surface area contributed by atoms with E-state index in [9.17, 15) is 14.4 Å². The fourth-order valence-corrected chi connectivity index (χ4v) is 3.58. The van der Waals surface area contributed by atoms with Gasteiger partial charge in [-0.3, -0.25) is 0 Å². The van der Waals surface area contributed by atoms with Crippen LogP contribution in [0.25, 0.3) is 0 Å². The van der Waals surface area contributed by atoms with Gasteiger partial charge in [0.25, 0.3) is 0 Å². The minimum Gasteiger partial charge on any atom is -0.458 e. The Hall–Kier alpha value is -2.89. The summed E-state index contributed by atoms with van der Waals surface area (Å²) in [5.41, 5.74) is 3.16. The number of esters is 3. The van der Waals surface area contributed by atoms with Gasteiger partial charge < -0.3 is 14.2 Å². The molecular formula is C25H32O6. The van der Waals surface area contributed by atoms with E-state index in [1.54, 1.807) is 32.9 Å². The predicted octanol–water partition coefficient (Wildman–Crippen LogP) is 4.53. The van der Waals surface area contributed by atoms with Gasteiger partial charge >= 0.3 is 17.9 Å². The van der Waals surface area contributed by atoms with Crippen LogP contribution in [0, 0.1) is 5.92 Å². The molecule has 31 heavy (non-hydrogen) atoms. The quantitative estimate of drug-likeness (QED) is 0.277. The monoisotopic (exact) mass is 428 g/mol. The Morgan fingerprint density at radius 1 is 1.19 bits per heavy atom. The zero-order valence-electron chi connectivity index (χ0n) is 19.0. The molecule has 2 aliphatic rings. The van der Waals surface area contributed by atoms with Gasteiger partial charge in [0.2, 0.25) is 0 Å². The van der Waals surface area contributed by atoms with Crippen molar-refractivity contribution in [3.63, 3.8) is 0 Å². The van der Waals surface area contributed by atoms with Gasteiger partial charge in [-0.1, -0.05) is 36.0 Å². The number of rotatable bonds is 5. The van der Waals surface area contributed by atoms with Crippen LogP contribution in [-0.2, 0) is 28.6 Å². The molecule has 0 spiro atoms. The number of carbonyl (C=O) groups is 3. The molecule has 1 heterocycles. The summed E-state index contributed by atoms with van der Waals surface area (Å²) < 4.78 is 16.6. The largest absolute Gasteiger partial charge is 0.458 e. The van der Waals surface area contributed by atoms with Crippen LogP contribution in [0.15, 0.2) is 58.7 Å². The van der Waals surface area contributed by atoms with Crippen LogP contribution >= 0.6 is 0 Å². The number of carbonyl (C=O) groups excluding carboxylic acids is 3. The fourth-order valence-electron chi connectivity index (χ4n) is 3.58. The molecule has 2 rings (SSSR count). The van der Waals surface area contributed by atoms with Crippen LogP contribution in [0.2, 0.25) is 0 Å². The maximum Gasteiger partial charge on any atom is 0.337 e. The molecule has 6 heteroatoms. The summed E-state index contributed by atoms with van der Waals surface area (Å²) in [4.78, 5) is 37.1. The molecule has 3 atom stereocenters. The molecule has 0 aromatic carbocycles. The lowest BCUT2D eigenvalue weighted by Crippen LogP contribution is -2.34. The molecule has 0 N–H and O–H groups in total. The Bertz CT molecular complexity index is 870. The van der Waals surface area contributed by atoms with Gasteiger partial charge in [-0.2, -0.15) is 0 Å². The third kappa shape index (κ3) is 6.29. The van der Waals surface area contributed by atoms with Crippen molar-refractivity contribution in [2.75, 3.05) is 6.61 Å². The summed E-state index contributed by atoms with van der Waals surface area (Å²) in [5, 5.41) is 0. The van der Waals surface area contributed by atoms with Crippen molar-refractivity contribution in [1.82, 2.24) is 0 Å². The van der Waals surface area contributed by atoms with E-state index in [-0.39, 0.29) is 12.2 Å². The topological polar surface area (TPSA) is 78.9 Å². The lowest BCUT2D eigenvalue weighted by atomic mass is 9.85. The maximum atomic E-state index is 12.9. The van der Waals surface area contributed by atoms with Gasteiger partial charge in [-0.05, 0) is 53.5 Å². The Labute approximate surface area is 184 Å². The summed E-state index contributed by atoms with van der Waals surface area (Å²) in [5.74, 6) is -2.02. The molecule has 0 bridgehead atoms. The zero-order chi connectivity index (χ0) is 23.1. The highest BCUT2D eigenvalue weighted by Gasteiger charge is 2.44. The van der Waals surface area contributed by atoms with Gasteiger partial charge in [-0.25, -0.2) is 14.4 Å². The van der Waals surface area contributed by atoms with Crippen molar-refractivity contribution < 1.29 is 28.6 Å². The summed E-state index contributed by atoms with van der Waals surface area (Å²) in [6, 6.07) is 0. The van der Waals surface area contributed by atoms with Crippen molar-refractivity contribution in [3.8, 4) is 0 Å². The average Bonchev–Trinajstić information content (AvgIpc) is 2.99. The maximum absolute atomic E-state index is 12.9. The summed E-state index contributed by atoms with van der Waals surface area (Å²) >= 11 is 0. The van der Waals surface area contributed by atoms with Gasteiger partial charge in [0.05, 0.1) is 11.5 Å². The molecule has 1 aliphatic carbocycles. The SMILES string of the molecule is C=C1C(=O)OC2C=C(C)CCC=C(C)CC(OC(=O)C(=CC)COC(=O)C(C)=CC)C12. The number of hydrogen-bond acceptors (Lipinski definition) is 6. The van der Waals surface area contributed by atoms with E-state index in [1.807, 2.05) is 19.9 Å². The molecule has 0 saturated carbocycles. The molecular weight excluding hydrogens is 396 g/mol. The second-order valence-corrected chi connectivity index (χ2v) is 8.03. The highest BCUT2D eigenvalue weighted by atomic mass is 16.6. The lowest BCUT2D eigenvalue weighted by molar-refractivity contribution is -0.148. The van der Waals surface area contributed by atoms with Crippen LogP contribution in [0.1, 0.15) is 53.9 Å². The molecule has 168 valence electrons. The Morgan fingerprint density at radius 2 is 1.90 bits per heavy atom. The first-order chi connectivity index (χ1) is 14.7. The molecule has 0 radical (unpaired) electrons. The highest BCUT2D eigenvalue weighted by Crippen LogP contribution is 2.36. The van der Waals surface area contributed by atoms with Crippen LogP contribution in [0.5, 0.6) is 0 Å². The second kappa shape index (κ2) is 10.9. The van der Waals surface area contributed by atoms with E-state index < -0.39 is 36.0 Å². The van der Waals surface area contributed by atoms with Crippen molar-refractivity contribution in [2.45, 2.75) is 66.1 Å². The fraction of sp³-hybridized carbons (Fsp3) is 0.480. The van der Waals surface area contributed by atoms with Gasteiger partial charge in [0, 0.05) is 17.6 Å². The molecule has 0 aromatic rings. The number of hydrogen-bond donors (Lipinski definition) is 0. The summed E-state index contributed by atoms with van der Waals surface area (Å²) in [6.07, 6.45) is 8.30. The summed E-state index contributed by atoms with van der Waals surface area (Å²) in [7, 11) is 0. The van der Waals surface area contributed by atoms with Gasteiger partial charge in [0.1, 0.15) is 18.8 Å². The first kappa shape index (κ1) is 24.4. The third-order valence-electron chi connectivity index (χ3n) is 5.65. The molecule has 0 aromatic heterocycles. The number of allylic oxidation sites excluding steroid dienone is 4. The van der Waals surface area contributed by atoms with E-state index in [0.29, 0.717) is 17.6 Å². The van der Waals surface area contributed by atoms with Crippen molar-refractivity contribution >= 4 is 17.9 Å². The van der Waals surface area contributed by atoms with Crippen LogP contribution in [-0.4, -0.2) is 36.7 Å². The minimum absolute atomic E-state index is 0.190. The van der Waals surface area contributed by atoms with Crippen LogP contribution in [0.4, 0.5) is 0 Å². The van der Waals surface area contributed by atoms with E-state index in [1.165, 1.54) is 0 Å². The van der Waals surface area contributed by atoms with E-state index in [2.05, 4.69) is 12.7 Å². The second-order valence-electron chi connectivity index (χ2n) is 8.03. The third-order valence-corrected chi connectivity index (χ3v) is 5.65. The van der Waals surface area contributed by atoms with Gasteiger partial charge in [0.15, 0.2) is 0 Å². The molecule has 6 nitrogen and oxygen atoms in total. The normalized spacial score (nSPS) is 25.1. The molecule has 3 unspecified atom stereocenters. The number of fused-ring (bicyclic) bond motifs is 1. The van der Waals surface area contributed by atoms with Crippen molar-refractivity contribution in [3.05, 3.63) is 58.7 Å².